The fourth-order valence-electron chi connectivity index (χ4n) is 1.51. The van der Waals surface area contributed by atoms with Gasteiger partial charge in [-0.05, 0) is 37.1 Å². The highest BCUT2D eigenvalue weighted by Crippen LogP contribution is 2.15. The fraction of sp³-hybridized carbons (Fsp3) is 0.250. The van der Waals surface area contributed by atoms with E-state index < -0.39 is 11.8 Å². The number of nitrogens with one attached hydrogen (secondary N) is 1. The number of thiocarbonyl (C=S) groups is 1. The molecule has 0 fully saturated rings. The summed E-state index contributed by atoms with van der Waals surface area (Å²) in [4.78, 5) is 11.1. The first-order valence-corrected chi connectivity index (χ1v) is 5.43. The van der Waals surface area contributed by atoms with Crippen molar-refractivity contribution in [1.82, 2.24) is 0 Å². The lowest BCUT2D eigenvalue weighted by molar-refractivity contribution is -0.118. The van der Waals surface area contributed by atoms with Gasteiger partial charge in [0.2, 0.25) is 5.91 Å². The van der Waals surface area contributed by atoms with Gasteiger partial charge in [0.25, 0.3) is 0 Å². The number of carbonyl (C=O) groups excluding carboxylic acids is 1. The zero-order chi connectivity index (χ0) is 13.0. The largest absolute Gasteiger partial charge is 0.368 e. The third kappa shape index (κ3) is 3.54. The van der Waals surface area contributed by atoms with E-state index in [4.69, 9.17) is 23.2 Å². The van der Waals surface area contributed by atoms with Crippen LogP contribution in [0.15, 0.2) is 18.2 Å². The van der Waals surface area contributed by atoms with Gasteiger partial charge in [0.05, 0.1) is 6.07 Å². The van der Waals surface area contributed by atoms with Crippen molar-refractivity contribution in [2.24, 2.45) is 11.7 Å². The van der Waals surface area contributed by atoms with Gasteiger partial charge in [-0.15, -0.1) is 0 Å². The molecule has 0 saturated carbocycles. The Morgan fingerprint density at radius 3 is 2.35 bits per heavy atom. The number of primary amides is 1. The summed E-state index contributed by atoms with van der Waals surface area (Å²) in [7, 11) is 0. The Morgan fingerprint density at radius 2 is 1.94 bits per heavy atom. The second-order valence-corrected chi connectivity index (χ2v) is 4.27. The van der Waals surface area contributed by atoms with Crippen LogP contribution in [0.1, 0.15) is 11.1 Å². The van der Waals surface area contributed by atoms with E-state index in [9.17, 15) is 4.79 Å². The van der Waals surface area contributed by atoms with Crippen LogP contribution in [0.2, 0.25) is 0 Å². The van der Waals surface area contributed by atoms with Crippen molar-refractivity contribution in [3.63, 3.8) is 0 Å². The Kier molecular flexibility index (Phi) is 4.18. The Hall–Kier alpha value is -1.93. The molecule has 0 bridgehead atoms. The number of anilines is 1. The van der Waals surface area contributed by atoms with Crippen molar-refractivity contribution in [2.75, 3.05) is 5.32 Å². The third-order valence-electron chi connectivity index (χ3n) is 2.17. The standard InChI is InChI=1S/C12H13N3OS/c1-7-3-8(2)5-9(4-7)15-12(17)10(6-13)11(14)16/h3-5,10H,1-2H3,(H2,14,16)(H,15,17). The molecule has 1 amide bonds. The number of benzene rings is 1. The average Bonchev–Trinajstić information content (AvgIpc) is 2.15. The second kappa shape index (κ2) is 5.41. The Labute approximate surface area is 105 Å². The molecule has 0 aromatic heterocycles. The van der Waals surface area contributed by atoms with Crippen molar-refractivity contribution in [2.45, 2.75) is 13.8 Å². The SMILES string of the molecule is Cc1cc(C)cc(NC(=S)C(C#N)C(N)=O)c1. The minimum Gasteiger partial charge on any atom is -0.368 e. The van der Waals surface area contributed by atoms with Gasteiger partial charge in [0.15, 0.2) is 5.92 Å². The fourth-order valence-corrected chi connectivity index (χ4v) is 1.80. The third-order valence-corrected chi connectivity index (χ3v) is 2.50. The van der Waals surface area contributed by atoms with E-state index in [0.717, 1.165) is 16.8 Å². The molecule has 17 heavy (non-hydrogen) atoms. The summed E-state index contributed by atoms with van der Waals surface area (Å²) in [6.45, 7) is 3.91. The van der Waals surface area contributed by atoms with Crippen LogP contribution in [0.3, 0.4) is 0 Å². The van der Waals surface area contributed by atoms with Crippen LogP contribution in [0, 0.1) is 31.1 Å². The van der Waals surface area contributed by atoms with Crippen molar-refractivity contribution < 1.29 is 4.79 Å². The molecule has 4 nitrogen and oxygen atoms in total. The van der Waals surface area contributed by atoms with Gasteiger partial charge in [-0.25, -0.2) is 0 Å². The van der Waals surface area contributed by atoms with E-state index in [1.807, 2.05) is 32.0 Å². The molecule has 1 rings (SSSR count). The van der Waals surface area contributed by atoms with Crippen molar-refractivity contribution in [1.29, 1.82) is 5.26 Å². The summed E-state index contributed by atoms with van der Waals surface area (Å²) in [6.07, 6.45) is 0. The van der Waals surface area contributed by atoms with Crippen LogP contribution < -0.4 is 11.1 Å². The summed E-state index contributed by atoms with van der Waals surface area (Å²) in [6, 6.07) is 7.56. The highest BCUT2D eigenvalue weighted by molar-refractivity contribution is 7.80. The molecule has 0 spiro atoms. The van der Waals surface area contributed by atoms with Crippen LogP contribution >= 0.6 is 12.2 Å². The summed E-state index contributed by atoms with van der Waals surface area (Å²) in [5.74, 6) is -1.83. The lowest BCUT2D eigenvalue weighted by Gasteiger charge is -2.11. The lowest BCUT2D eigenvalue weighted by atomic mass is 10.1. The number of aryl methyl sites for hydroxylation is 2. The molecule has 0 radical (unpaired) electrons. The molecule has 0 saturated heterocycles. The number of nitriles is 1. The van der Waals surface area contributed by atoms with E-state index in [2.05, 4.69) is 5.32 Å². The summed E-state index contributed by atoms with van der Waals surface area (Å²) < 4.78 is 0. The Morgan fingerprint density at radius 1 is 1.41 bits per heavy atom. The van der Waals surface area contributed by atoms with Gasteiger partial charge in [-0.1, -0.05) is 18.3 Å². The van der Waals surface area contributed by atoms with Gasteiger partial charge in [0, 0.05) is 5.69 Å². The first kappa shape index (κ1) is 13.1. The summed E-state index contributed by atoms with van der Waals surface area (Å²) >= 11 is 4.98. The van der Waals surface area contributed by atoms with Gasteiger partial charge >= 0.3 is 0 Å². The van der Waals surface area contributed by atoms with Crippen LogP contribution in [0.25, 0.3) is 0 Å². The molecular weight excluding hydrogens is 234 g/mol. The maximum absolute atomic E-state index is 11.0. The minimum atomic E-state index is -1.09. The van der Waals surface area contributed by atoms with E-state index in [1.165, 1.54) is 0 Å². The topological polar surface area (TPSA) is 78.9 Å². The van der Waals surface area contributed by atoms with Crippen LogP contribution in [-0.2, 0) is 4.79 Å². The molecule has 1 aromatic rings. The first-order chi connectivity index (χ1) is 7.93. The molecule has 0 aliphatic rings. The quantitative estimate of drug-likeness (QED) is 0.796. The van der Waals surface area contributed by atoms with E-state index >= 15 is 0 Å². The molecule has 88 valence electrons. The maximum Gasteiger partial charge on any atom is 0.241 e. The van der Waals surface area contributed by atoms with Gasteiger partial charge < -0.3 is 11.1 Å². The van der Waals surface area contributed by atoms with Crippen molar-refractivity contribution >= 4 is 28.8 Å². The Bertz CT molecular complexity index is 485. The summed E-state index contributed by atoms with van der Waals surface area (Å²) in [5, 5.41) is 11.6. The van der Waals surface area contributed by atoms with Gasteiger partial charge in [-0.2, -0.15) is 5.26 Å². The Balaban J connectivity index is 2.88. The molecule has 5 heteroatoms. The van der Waals surface area contributed by atoms with E-state index in [0.29, 0.717) is 0 Å². The monoisotopic (exact) mass is 247 g/mol. The number of nitrogens with two attached hydrogens (primary N) is 1. The molecule has 1 unspecified atom stereocenters. The number of carbonyl (C=O) groups is 1. The smallest absolute Gasteiger partial charge is 0.241 e. The number of hydrogen-bond donors (Lipinski definition) is 2. The molecule has 1 aromatic carbocycles. The molecule has 1 atom stereocenters. The predicted molar refractivity (Wildman–Crippen MR) is 70.4 cm³/mol. The molecule has 0 heterocycles. The number of nitrogens with zero attached hydrogens (tertiary/aromatic N) is 1. The highest BCUT2D eigenvalue weighted by atomic mass is 32.1. The number of amides is 1. The zero-order valence-electron chi connectivity index (χ0n) is 9.65. The normalized spacial score (nSPS) is 11.4. The average molecular weight is 247 g/mol. The van der Waals surface area contributed by atoms with Gasteiger partial charge in [-0.3, -0.25) is 4.79 Å². The van der Waals surface area contributed by atoms with Crippen LogP contribution in [-0.4, -0.2) is 10.9 Å². The summed E-state index contributed by atoms with van der Waals surface area (Å²) in [5.41, 5.74) is 7.98. The van der Waals surface area contributed by atoms with E-state index in [1.54, 1.807) is 6.07 Å². The van der Waals surface area contributed by atoms with E-state index in [-0.39, 0.29) is 4.99 Å². The van der Waals surface area contributed by atoms with Crippen LogP contribution in [0.5, 0.6) is 0 Å². The highest BCUT2D eigenvalue weighted by Gasteiger charge is 2.20. The predicted octanol–water partition coefficient (Wildman–Crippen LogP) is 1.67. The number of hydrogen-bond acceptors (Lipinski definition) is 3. The maximum atomic E-state index is 11.0. The lowest BCUT2D eigenvalue weighted by Crippen LogP contribution is -2.32. The molecule has 0 aliphatic carbocycles. The second-order valence-electron chi connectivity index (χ2n) is 3.83. The van der Waals surface area contributed by atoms with Crippen LogP contribution in [0.4, 0.5) is 5.69 Å². The van der Waals surface area contributed by atoms with Gasteiger partial charge in [0.1, 0.15) is 4.99 Å². The molecule has 0 aliphatic heterocycles. The zero-order valence-corrected chi connectivity index (χ0v) is 10.5. The van der Waals surface area contributed by atoms with Crippen molar-refractivity contribution in [3.8, 4) is 6.07 Å². The minimum absolute atomic E-state index is 0.130. The van der Waals surface area contributed by atoms with Crippen molar-refractivity contribution in [3.05, 3.63) is 29.3 Å². The molecule has 3 N–H and O–H groups in total. The number of rotatable bonds is 3. The first-order valence-electron chi connectivity index (χ1n) is 5.02. The molecular formula is C12H13N3OS.